The van der Waals surface area contributed by atoms with Gasteiger partial charge in [-0.1, -0.05) is 24.3 Å². The van der Waals surface area contributed by atoms with Gasteiger partial charge in [-0.3, -0.25) is 14.5 Å². The zero-order chi connectivity index (χ0) is 21.0. The maximum atomic E-state index is 13.1. The maximum absolute atomic E-state index is 13.1. The minimum Gasteiger partial charge on any atom is -0.369 e. The topological polar surface area (TPSA) is 89.4 Å². The van der Waals surface area contributed by atoms with E-state index in [0.29, 0.717) is 32.4 Å². The Morgan fingerprint density at radius 1 is 0.867 bits per heavy atom. The van der Waals surface area contributed by atoms with Crippen LogP contribution in [0.4, 0.5) is 8.78 Å². The second-order valence-corrected chi connectivity index (χ2v) is 7.54. The predicted molar refractivity (Wildman–Crippen MR) is 113 cm³/mol. The number of rotatable bonds is 8. The number of primary amides is 2. The highest BCUT2D eigenvalue weighted by atomic mass is 35.5. The zero-order valence-electron chi connectivity index (χ0n) is 16.5. The van der Waals surface area contributed by atoms with E-state index in [0.717, 1.165) is 11.1 Å². The van der Waals surface area contributed by atoms with Gasteiger partial charge in [0.05, 0.1) is 11.8 Å². The molecule has 3 unspecified atom stereocenters. The van der Waals surface area contributed by atoms with Crippen molar-refractivity contribution in [2.24, 2.45) is 23.3 Å². The molecule has 5 nitrogen and oxygen atoms in total. The summed E-state index contributed by atoms with van der Waals surface area (Å²) in [7, 11) is 0. The molecule has 1 aliphatic rings. The average Bonchev–Trinajstić information content (AvgIpc) is 3.06. The summed E-state index contributed by atoms with van der Waals surface area (Å²) in [5.74, 6) is -2.99. The number of amides is 2. The van der Waals surface area contributed by atoms with Crippen molar-refractivity contribution in [1.82, 2.24) is 4.90 Å². The van der Waals surface area contributed by atoms with Gasteiger partial charge in [0, 0.05) is 19.1 Å². The zero-order valence-corrected chi connectivity index (χ0v) is 17.3. The molecule has 0 aliphatic carbocycles. The number of likely N-dealkylation sites (tertiary alicyclic amines) is 1. The highest BCUT2D eigenvalue weighted by Gasteiger charge is 2.46. The van der Waals surface area contributed by atoms with Crippen molar-refractivity contribution >= 4 is 24.2 Å². The van der Waals surface area contributed by atoms with E-state index in [-0.39, 0.29) is 30.1 Å². The molecule has 0 bridgehead atoms. The van der Waals surface area contributed by atoms with Gasteiger partial charge in [0.1, 0.15) is 11.6 Å². The number of carbonyl (C=O) groups is 2. The van der Waals surface area contributed by atoms with Gasteiger partial charge in [-0.05, 0) is 54.7 Å². The fourth-order valence-electron chi connectivity index (χ4n) is 4.16. The Balaban J connectivity index is 0.00000320. The van der Waals surface area contributed by atoms with Gasteiger partial charge in [0.15, 0.2) is 0 Å². The Kier molecular flexibility index (Phi) is 8.32. The van der Waals surface area contributed by atoms with Crippen molar-refractivity contribution in [3.63, 3.8) is 0 Å². The number of carbonyl (C=O) groups excluding carboxylic acids is 2. The molecule has 2 aromatic carbocycles. The highest BCUT2D eigenvalue weighted by Crippen LogP contribution is 2.33. The minimum absolute atomic E-state index is 0. The minimum atomic E-state index is -0.666. The van der Waals surface area contributed by atoms with Crippen molar-refractivity contribution in [2.75, 3.05) is 13.1 Å². The molecule has 1 saturated heterocycles. The molecule has 3 atom stereocenters. The summed E-state index contributed by atoms with van der Waals surface area (Å²) in [4.78, 5) is 26.1. The molecule has 2 amide bonds. The quantitative estimate of drug-likeness (QED) is 0.664. The Morgan fingerprint density at radius 3 is 1.83 bits per heavy atom. The molecule has 1 fully saturated rings. The SMILES string of the molecule is Cl.NC(=O)C1CN(CCc2ccc(F)cc2)C(CCc2ccc(F)cc2)C1C(N)=O. The Labute approximate surface area is 180 Å². The molecule has 0 saturated carbocycles. The van der Waals surface area contributed by atoms with E-state index in [1.807, 2.05) is 0 Å². The summed E-state index contributed by atoms with van der Waals surface area (Å²) in [6.45, 7) is 0.950. The smallest absolute Gasteiger partial charge is 0.222 e. The summed E-state index contributed by atoms with van der Waals surface area (Å²) in [5.41, 5.74) is 13.1. The Hall–Kier alpha value is -2.51. The molecule has 0 radical (unpaired) electrons. The van der Waals surface area contributed by atoms with Gasteiger partial charge in [0.25, 0.3) is 0 Å². The van der Waals surface area contributed by atoms with E-state index in [1.165, 1.54) is 24.3 Å². The van der Waals surface area contributed by atoms with E-state index in [2.05, 4.69) is 4.90 Å². The molecule has 4 N–H and O–H groups in total. The first-order valence-corrected chi connectivity index (χ1v) is 9.66. The maximum Gasteiger partial charge on any atom is 0.222 e. The molecule has 1 heterocycles. The normalized spacial score (nSPS) is 21.2. The van der Waals surface area contributed by atoms with Crippen LogP contribution in [0.25, 0.3) is 0 Å². The number of hydrogen-bond acceptors (Lipinski definition) is 3. The van der Waals surface area contributed by atoms with Crippen LogP contribution in [0.5, 0.6) is 0 Å². The van der Waals surface area contributed by atoms with E-state index < -0.39 is 23.7 Å². The first kappa shape index (κ1) is 23.8. The summed E-state index contributed by atoms with van der Waals surface area (Å²) in [6, 6.07) is 12.2. The number of nitrogens with zero attached hydrogens (tertiary/aromatic N) is 1. The van der Waals surface area contributed by atoms with Crippen LogP contribution in [0.15, 0.2) is 48.5 Å². The van der Waals surface area contributed by atoms with E-state index >= 15 is 0 Å². The van der Waals surface area contributed by atoms with Gasteiger partial charge in [0.2, 0.25) is 11.8 Å². The van der Waals surface area contributed by atoms with Crippen LogP contribution in [-0.2, 0) is 22.4 Å². The van der Waals surface area contributed by atoms with Gasteiger partial charge >= 0.3 is 0 Å². The van der Waals surface area contributed by atoms with Crippen LogP contribution < -0.4 is 11.5 Å². The summed E-state index contributed by atoms with van der Waals surface area (Å²) < 4.78 is 26.3. The van der Waals surface area contributed by atoms with E-state index in [9.17, 15) is 18.4 Å². The molecule has 162 valence electrons. The monoisotopic (exact) mass is 437 g/mol. The third kappa shape index (κ3) is 5.77. The molecule has 8 heteroatoms. The standard InChI is InChI=1S/C22H25F2N3O2.ClH/c23-16-6-1-14(2-7-16)5-10-19-20(22(26)29)18(21(25)28)13-27(19)12-11-15-3-8-17(24)9-4-15;/h1-4,6-9,18-20H,5,10-13H2,(H2,25,28)(H2,26,29);1H. The number of aryl methyl sites for hydroxylation is 1. The lowest BCUT2D eigenvalue weighted by Crippen LogP contribution is -2.42. The number of nitrogens with two attached hydrogens (primary N) is 2. The van der Waals surface area contributed by atoms with Crippen LogP contribution in [-0.4, -0.2) is 35.8 Å². The largest absolute Gasteiger partial charge is 0.369 e. The first-order chi connectivity index (χ1) is 13.8. The van der Waals surface area contributed by atoms with Gasteiger partial charge in [-0.15, -0.1) is 12.4 Å². The highest BCUT2D eigenvalue weighted by molar-refractivity contribution is 5.87. The molecular formula is C22H26ClF2N3O2. The molecule has 0 aromatic heterocycles. The molecular weight excluding hydrogens is 412 g/mol. The fourth-order valence-corrected chi connectivity index (χ4v) is 4.16. The molecule has 3 rings (SSSR count). The Morgan fingerprint density at radius 2 is 1.37 bits per heavy atom. The number of hydrogen-bond donors (Lipinski definition) is 2. The van der Waals surface area contributed by atoms with Crippen molar-refractivity contribution in [3.05, 3.63) is 71.3 Å². The van der Waals surface area contributed by atoms with Crippen LogP contribution >= 0.6 is 12.4 Å². The first-order valence-electron chi connectivity index (χ1n) is 9.66. The average molecular weight is 438 g/mol. The van der Waals surface area contributed by atoms with Gasteiger partial charge < -0.3 is 11.5 Å². The van der Waals surface area contributed by atoms with E-state index in [4.69, 9.17) is 11.5 Å². The van der Waals surface area contributed by atoms with Crippen LogP contribution in [0.2, 0.25) is 0 Å². The second-order valence-electron chi connectivity index (χ2n) is 7.54. The number of halogens is 3. The molecule has 30 heavy (non-hydrogen) atoms. The third-order valence-corrected chi connectivity index (χ3v) is 5.69. The Bertz CT molecular complexity index is 862. The van der Waals surface area contributed by atoms with Crippen molar-refractivity contribution in [3.8, 4) is 0 Å². The predicted octanol–water partition coefficient (Wildman–Crippen LogP) is 2.45. The lowest BCUT2D eigenvalue weighted by atomic mass is 9.86. The van der Waals surface area contributed by atoms with Crippen LogP contribution in [0, 0.1) is 23.5 Å². The second kappa shape index (κ2) is 10.5. The molecule has 1 aliphatic heterocycles. The molecule has 2 aromatic rings. The lowest BCUT2D eigenvalue weighted by molar-refractivity contribution is -0.130. The van der Waals surface area contributed by atoms with Gasteiger partial charge in [-0.2, -0.15) is 0 Å². The van der Waals surface area contributed by atoms with E-state index in [1.54, 1.807) is 24.3 Å². The lowest BCUT2D eigenvalue weighted by Gasteiger charge is -2.27. The summed E-state index contributed by atoms with van der Waals surface area (Å²) in [6.07, 6.45) is 1.85. The fraction of sp³-hybridized carbons (Fsp3) is 0.364. The third-order valence-electron chi connectivity index (χ3n) is 5.69. The van der Waals surface area contributed by atoms with Crippen LogP contribution in [0.3, 0.4) is 0 Å². The van der Waals surface area contributed by atoms with Crippen molar-refractivity contribution < 1.29 is 18.4 Å². The van der Waals surface area contributed by atoms with Crippen molar-refractivity contribution in [1.29, 1.82) is 0 Å². The number of benzene rings is 2. The molecule has 0 spiro atoms. The summed E-state index contributed by atoms with van der Waals surface area (Å²) in [5, 5.41) is 0. The summed E-state index contributed by atoms with van der Waals surface area (Å²) >= 11 is 0. The van der Waals surface area contributed by atoms with Gasteiger partial charge in [-0.25, -0.2) is 8.78 Å². The van der Waals surface area contributed by atoms with Crippen LogP contribution in [0.1, 0.15) is 17.5 Å². The van der Waals surface area contributed by atoms with Crippen molar-refractivity contribution in [2.45, 2.75) is 25.3 Å².